The first-order chi connectivity index (χ1) is 3.13. The number of rotatable bonds is 2. The average molecular weight is 141 g/mol. The second kappa shape index (κ2) is 6.06. The van der Waals surface area contributed by atoms with Crippen LogP contribution in [0.4, 0.5) is 0 Å². The number of aliphatic hydroxyl groups excluding tert-OH is 1. The van der Waals surface area contributed by atoms with E-state index in [2.05, 4.69) is 5.73 Å². The fourth-order valence-corrected chi connectivity index (χ4v) is 0.238. The molecular weight excluding hydrogens is 133 g/mol. The molecule has 1 unspecified atom stereocenters. The van der Waals surface area contributed by atoms with Crippen LogP contribution >= 0.6 is 0 Å². The molecule has 0 aromatic carbocycles. The Balaban J connectivity index is 0. The van der Waals surface area contributed by atoms with Gasteiger partial charge in [0.25, 0.3) is 0 Å². The minimum atomic E-state index is -0.725. The molecule has 0 spiro atoms. The summed E-state index contributed by atoms with van der Waals surface area (Å²) in [4.78, 5) is 9.82. The molecule has 1 amide bonds. The van der Waals surface area contributed by atoms with Crippen LogP contribution in [-0.2, 0) is 4.79 Å². The van der Waals surface area contributed by atoms with Crippen molar-refractivity contribution in [2.75, 3.05) is 0 Å². The van der Waals surface area contributed by atoms with Gasteiger partial charge in [-0.2, -0.15) is 0 Å². The molecule has 0 saturated heterocycles. The molecule has 4 heteroatoms. The summed E-state index contributed by atoms with van der Waals surface area (Å²) in [6.07, 6.45) is 0.303. The minimum Gasteiger partial charge on any atom is -0.422 e. The zero-order valence-corrected chi connectivity index (χ0v) is 8.21. The van der Waals surface area contributed by atoms with Crippen molar-refractivity contribution in [1.82, 2.24) is 0 Å². The Hall–Kier alpha value is 0.936. The first kappa shape index (κ1) is 11.7. The van der Waals surface area contributed by atoms with E-state index >= 15 is 0 Å². The summed E-state index contributed by atoms with van der Waals surface area (Å²) in [5.41, 5.74) is 4.64. The van der Waals surface area contributed by atoms with Crippen LogP contribution < -0.4 is 57.1 Å². The first-order valence-electron chi connectivity index (χ1n) is 1.95. The number of hydrogen-bond donors (Lipinski definition) is 2. The molecular formula is C4H8KNO2. The Morgan fingerprint density at radius 1 is 1.88 bits per heavy atom. The second-order valence-electron chi connectivity index (χ2n) is 1.31. The van der Waals surface area contributed by atoms with E-state index in [1.165, 1.54) is 6.92 Å². The third-order valence-corrected chi connectivity index (χ3v) is 0.405. The monoisotopic (exact) mass is 141 g/mol. The minimum absolute atomic E-state index is 0. The van der Waals surface area contributed by atoms with Gasteiger partial charge in [0.15, 0.2) is 0 Å². The molecule has 0 bridgehead atoms. The molecule has 3 N–H and O–H groups in total. The van der Waals surface area contributed by atoms with Crippen molar-refractivity contribution in [2.45, 2.75) is 13.0 Å². The van der Waals surface area contributed by atoms with E-state index in [1.807, 2.05) is 0 Å². The molecule has 0 fully saturated rings. The molecule has 0 heterocycles. The van der Waals surface area contributed by atoms with Crippen LogP contribution in [0.2, 0.25) is 0 Å². The maximum absolute atomic E-state index is 9.82. The van der Waals surface area contributed by atoms with Crippen LogP contribution in [-0.4, -0.2) is 17.1 Å². The van der Waals surface area contributed by atoms with Crippen LogP contribution in [0.5, 0.6) is 0 Å². The molecule has 1 atom stereocenters. The van der Waals surface area contributed by atoms with Gasteiger partial charge in [0, 0.05) is 0 Å². The van der Waals surface area contributed by atoms with Crippen LogP contribution in [0.1, 0.15) is 6.92 Å². The van der Waals surface area contributed by atoms with Gasteiger partial charge in [-0.25, -0.2) is 0 Å². The summed E-state index contributed by atoms with van der Waals surface area (Å²) in [6.45, 7) is 1.46. The van der Waals surface area contributed by atoms with Gasteiger partial charge in [-0.15, -0.1) is 0 Å². The van der Waals surface area contributed by atoms with Gasteiger partial charge in [-0.3, -0.25) is 6.42 Å². The van der Waals surface area contributed by atoms with Gasteiger partial charge < -0.3 is 15.6 Å². The van der Waals surface area contributed by atoms with Crippen molar-refractivity contribution in [3.05, 3.63) is 6.42 Å². The van der Waals surface area contributed by atoms with E-state index in [-0.39, 0.29) is 51.4 Å². The summed E-state index contributed by atoms with van der Waals surface area (Å²) < 4.78 is 0. The number of aliphatic hydroxyl groups is 1. The number of carbonyl (C=O) groups excluding carboxylic acids is 1. The Kier molecular flexibility index (Phi) is 8.87. The van der Waals surface area contributed by atoms with Gasteiger partial charge in [-0.05, 0) is 0 Å². The number of hydrogen-bond acceptors (Lipinski definition) is 2. The molecule has 0 aromatic heterocycles. The van der Waals surface area contributed by atoms with Crippen LogP contribution in [0.3, 0.4) is 0 Å². The Labute approximate surface area is 91.1 Å². The predicted molar refractivity (Wildman–Crippen MR) is 25.2 cm³/mol. The normalized spacial score (nSPS) is 11.2. The second-order valence-corrected chi connectivity index (χ2v) is 1.31. The van der Waals surface area contributed by atoms with E-state index in [9.17, 15) is 4.79 Å². The molecule has 0 aliphatic rings. The molecule has 3 nitrogen and oxygen atoms in total. The largest absolute Gasteiger partial charge is 1.00 e. The smallest absolute Gasteiger partial charge is 0.422 e. The molecule has 42 valence electrons. The van der Waals surface area contributed by atoms with Gasteiger partial charge in [-0.1, -0.05) is 13.0 Å². The Bertz CT molecular complexity index is 74.4. The van der Waals surface area contributed by atoms with Crippen molar-refractivity contribution in [1.29, 1.82) is 0 Å². The van der Waals surface area contributed by atoms with Crippen molar-refractivity contribution >= 4 is 5.91 Å². The van der Waals surface area contributed by atoms with Crippen molar-refractivity contribution < 1.29 is 61.3 Å². The van der Waals surface area contributed by atoms with E-state index in [4.69, 9.17) is 5.11 Å². The summed E-state index contributed by atoms with van der Waals surface area (Å²) in [5, 5.41) is 8.37. The Morgan fingerprint density at radius 3 is 2.25 bits per heavy atom. The zero-order chi connectivity index (χ0) is 5.86. The SMILES string of the molecule is CC(O)[CH-]C(N)=O.[K+]. The molecule has 0 saturated carbocycles. The van der Waals surface area contributed by atoms with E-state index in [1.54, 1.807) is 0 Å². The third-order valence-electron chi connectivity index (χ3n) is 0.405. The molecule has 0 rings (SSSR count). The number of primary amides is 1. The maximum atomic E-state index is 9.82. The van der Waals surface area contributed by atoms with Gasteiger partial charge >= 0.3 is 51.4 Å². The number of carbonyl (C=O) groups is 1. The molecule has 0 aromatic rings. The van der Waals surface area contributed by atoms with Crippen LogP contribution in [0.15, 0.2) is 0 Å². The summed E-state index contributed by atoms with van der Waals surface area (Å²) in [5.74, 6) is -0.588. The molecule has 0 radical (unpaired) electrons. The van der Waals surface area contributed by atoms with Gasteiger partial charge in [0.05, 0.1) is 5.91 Å². The molecule has 0 aliphatic heterocycles. The first-order valence-corrected chi connectivity index (χ1v) is 1.95. The van der Waals surface area contributed by atoms with Crippen molar-refractivity contribution in [3.8, 4) is 0 Å². The van der Waals surface area contributed by atoms with Crippen molar-refractivity contribution in [2.24, 2.45) is 5.73 Å². The zero-order valence-electron chi connectivity index (χ0n) is 5.09. The van der Waals surface area contributed by atoms with Gasteiger partial charge in [0.2, 0.25) is 0 Å². The number of nitrogens with two attached hydrogens (primary N) is 1. The average Bonchev–Trinajstić information content (AvgIpc) is 1.27. The van der Waals surface area contributed by atoms with Crippen LogP contribution in [0, 0.1) is 6.42 Å². The quantitative estimate of drug-likeness (QED) is 0.305. The number of amides is 1. The maximum Gasteiger partial charge on any atom is 1.00 e. The van der Waals surface area contributed by atoms with E-state index < -0.39 is 12.0 Å². The van der Waals surface area contributed by atoms with Crippen LogP contribution in [0.25, 0.3) is 0 Å². The molecule has 8 heavy (non-hydrogen) atoms. The molecule has 0 aliphatic carbocycles. The van der Waals surface area contributed by atoms with E-state index in [0.29, 0.717) is 0 Å². The summed E-state index contributed by atoms with van der Waals surface area (Å²) in [6, 6.07) is 0. The van der Waals surface area contributed by atoms with Gasteiger partial charge in [0.1, 0.15) is 0 Å². The topological polar surface area (TPSA) is 63.3 Å². The Morgan fingerprint density at radius 2 is 2.25 bits per heavy atom. The standard InChI is InChI=1S/C4H8NO2.K/c1-3(6)2-4(5)7;/h2-3,6H,1H3,(H2,5,7);/q-1;+1. The van der Waals surface area contributed by atoms with E-state index in [0.717, 1.165) is 6.42 Å². The fourth-order valence-electron chi connectivity index (χ4n) is 0.238. The third kappa shape index (κ3) is 10.0. The summed E-state index contributed by atoms with van der Waals surface area (Å²) >= 11 is 0. The van der Waals surface area contributed by atoms with Crippen molar-refractivity contribution in [3.63, 3.8) is 0 Å². The predicted octanol–water partition coefficient (Wildman–Crippen LogP) is -3.94. The summed E-state index contributed by atoms with van der Waals surface area (Å²) in [7, 11) is 0. The fraction of sp³-hybridized carbons (Fsp3) is 0.500.